The molecule has 1 unspecified atom stereocenters. The molecule has 0 aliphatic heterocycles. The molecular weight excluding hydrogens is 216 g/mol. The van der Waals surface area contributed by atoms with Gasteiger partial charge >= 0.3 is 5.97 Å². The van der Waals surface area contributed by atoms with E-state index in [1.165, 1.54) is 0 Å². The maximum atomic E-state index is 11.2. The van der Waals surface area contributed by atoms with Gasteiger partial charge in [-0.3, -0.25) is 0 Å². The summed E-state index contributed by atoms with van der Waals surface area (Å²) in [5, 5.41) is 18.2. The zero-order valence-corrected chi connectivity index (χ0v) is 10.1. The van der Waals surface area contributed by atoms with Crippen LogP contribution in [0.25, 0.3) is 0 Å². The van der Waals surface area contributed by atoms with E-state index in [9.17, 15) is 9.90 Å². The first-order chi connectivity index (χ1) is 8.11. The molecule has 0 saturated heterocycles. The van der Waals surface area contributed by atoms with Gasteiger partial charge in [0.2, 0.25) is 0 Å². The summed E-state index contributed by atoms with van der Waals surface area (Å²) in [6.45, 7) is 1.94. The van der Waals surface area contributed by atoms with E-state index in [0.717, 1.165) is 6.42 Å². The van der Waals surface area contributed by atoms with Gasteiger partial charge in [-0.05, 0) is 18.6 Å². The molecule has 1 N–H and O–H groups in total. The minimum atomic E-state index is -0.859. The van der Waals surface area contributed by atoms with Gasteiger partial charge < -0.3 is 10.0 Å². The van der Waals surface area contributed by atoms with Crippen LogP contribution in [0, 0.1) is 11.3 Å². The molecule has 4 nitrogen and oxygen atoms in total. The molecule has 4 heteroatoms. The number of nitrogens with zero attached hydrogens (tertiary/aromatic N) is 2. The van der Waals surface area contributed by atoms with Crippen LogP contribution in [0.3, 0.4) is 0 Å². The molecule has 1 rings (SSSR count). The number of benzene rings is 1. The lowest BCUT2D eigenvalue weighted by Crippen LogP contribution is -2.38. The van der Waals surface area contributed by atoms with Gasteiger partial charge in [-0.2, -0.15) is 5.26 Å². The van der Waals surface area contributed by atoms with Crippen LogP contribution >= 0.6 is 0 Å². The molecule has 0 saturated carbocycles. The Labute approximate surface area is 101 Å². The number of carbonyl (C=O) groups is 1. The number of rotatable bonds is 5. The quantitative estimate of drug-likeness (QED) is 0.845. The average Bonchev–Trinajstić information content (AvgIpc) is 2.34. The number of hydrogen-bond donors (Lipinski definition) is 1. The normalized spacial score (nSPS) is 11.6. The predicted octanol–water partition coefficient (Wildman–Crippen LogP) is 2.25. The Morgan fingerprint density at radius 3 is 2.71 bits per heavy atom. The number of hydrogen-bond acceptors (Lipinski definition) is 3. The zero-order chi connectivity index (χ0) is 12.8. The Hall–Kier alpha value is -2.02. The van der Waals surface area contributed by atoms with Crippen molar-refractivity contribution in [3.05, 3.63) is 29.8 Å². The van der Waals surface area contributed by atoms with Gasteiger partial charge in [-0.25, -0.2) is 4.79 Å². The number of likely N-dealkylation sites (N-methyl/N-ethyl adjacent to an activating group) is 1. The standard InChI is InChI=1S/C13H16N2O2/c1-3-6-12(13(16)17)15(2)11-8-5-4-7-10(11)9-14/h4-5,7-8,12H,3,6H2,1-2H3,(H,16,17). The van der Waals surface area contributed by atoms with E-state index in [1.54, 1.807) is 36.2 Å². The highest BCUT2D eigenvalue weighted by Crippen LogP contribution is 2.22. The van der Waals surface area contributed by atoms with Crippen LogP contribution in [0.4, 0.5) is 5.69 Å². The molecule has 0 spiro atoms. The number of carboxylic acids is 1. The molecule has 0 aliphatic carbocycles. The van der Waals surface area contributed by atoms with Crippen molar-refractivity contribution >= 4 is 11.7 Å². The Kier molecular flexibility index (Phi) is 4.53. The summed E-state index contributed by atoms with van der Waals surface area (Å²) in [5.41, 5.74) is 1.16. The SMILES string of the molecule is CCCC(C(=O)O)N(C)c1ccccc1C#N. The van der Waals surface area contributed by atoms with Crippen LogP contribution in [0.1, 0.15) is 25.3 Å². The second-order valence-corrected chi connectivity index (χ2v) is 3.88. The summed E-state index contributed by atoms with van der Waals surface area (Å²) < 4.78 is 0. The van der Waals surface area contributed by atoms with Crippen molar-refractivity contribution in [3.63, 3.8) is 0 Å². The van der Waals surface area contributed by atoms with E-state index in [1.807, 2.05) is 6.92 Å². The van der Waals surface area contributed by atoms with Gasteiger partial charge in [0, 0.05) is 7.05 Å². The highest BCUT2D eigenvalue weighted by atomic mass is 16.4. The van der Waals surface area contributed by atoms with Gasteiger partial charge in [0.15, 0.2) is 0 Å². The van der Waals surface area contributed by atoms with E-state index >= 15 is 0 Å². The summed E-state index contributed by atoms with van der Waals surface area (Å²) in [5.74, 6) is -0.859. The summed E-state index contributed by atoms with van der Waals surface area (Å²) in [6.07, 6.45) is 1.35. The van der Waals surface area contributed by atoms with Crippen LogP contribution in [0.5, 0.6) is 0 Å². The average molecular weight is 232 g/mol. The molecule has 1 aromatic rings. The van der Waals surface area contributed by atoms with Crippen molar-refractivity contribution in [2.24, 2.45) is 0 Å². The molecule has 0 radical (unpaired) electrons. The number of para-hydroxylation sites is 1. The first kappa shape index (κ1) is 13.0. The molecule has 90 valence electrons. The van der Waals surface area contributed by atoms with Gasteiger partial charge in [0.05, 0.1) is 11.3 Å². The third-order valence-electron chi connectivity index (χ3n) is 2.72. The molecule has 1 atom stereocenters. The molecular formula is C13H16N2O2. The molecule has 0 heterocycles. The maximum Gasteiger partial charge on any atom is 0.326 e. The lowest BCUT2D eigenvalue weighted by Gasteiger charge is -2.27. The highest BCUT2D eigenvalue weighted by molar-refractivity contribution is 5.79. The van der Waals surface area contributed by atoms with Crippen LogP contribution < -0.4 is 4.90 Å². The second kappa shape index (κ2) is 5.90. The maximum absolute atomic E-state index is 11.2. The molecule has 0 aromatic heterocycles. The van der Waals surface area contributed by atoms with Gasteiger partial charge in [0.1, 0.15) is 12.1 Å². The molecule has 0 bridgehead atoms. The van der Waals surface area contributed by atoms with Crippen molar-refractivity contribution in [2.45, 2.75) is 25.8 Å². The zero-order valence-electron chi connectivity index (χ0n) is 10.1. The second-order valence-electron chi connectivity index (χ2n) is 3.88. The summed E-state index contributed by atoms with van der Waals surface area (Å²) in [6, 6.07) is 8.52. The number of carboxylic acid groups (broad SMARTS) is 1. The minimum Gasteiger partial charge on any atom is -0.480 e. The number of nitriles is 1. The Bertz CT molecular complexity index is 437. The molecule has 0 aliphatic rings. The fourth-order valence-corrected chi connectivity index (χ4v) is 1.80. The first-order valence-corrected chi connectivity index (χ1v) is 5.56. The summed E-state index contributed by atoms with van der Waals surface area (Å²) in [7, 11) is 1.71. The van der Waals surface area contributed by atoms with Gasteiger partial charge in [-0.1, -0.05) is 25.5 Å². The van der Waals surface area contributed by atoms with Crippen molar-refractivity contribution in [1.29, 1.82) is 5.26 Å². The summed E-state index contributed by atoms with van der Waals surface area (Å²) in [4.78, 5) is 12.8. The number of aliphatic carboxylic acids is 1. The summed E-state index contributed by atoms with van der Waals surface area (Å²) >= 11 is 0. The Morgan fingerprint density at radius 1 is 1.53 bits per heavy atom. The molecule has 0 amide bonds. The van der Waals surface area contributed by atoms with Crippen molar-refractivity contribution in [3.8, 4) is 6.07 Å². The third kappa shape index (κ3) is 2.97. The Morgan fingerprint density at radius 2 is 2.18 bits per heavy atom. The smallest absolute Gasteiger partial charge is 0.326 e. The predicted molar refractivity (Wildman–Crippen MR) is 65.9 cm³/mol. The van der Waals surface area contributed by atoms with Crippen molar-refractivity contribution in [2.75, 3.05) is 11.9 Å². The Balaban J connectivity index is 3.05. The van der Waals surface area contributed by atoms with Gasteiger partial charge in [0.25, 0.3) is 0 Å². The van der Waals surface area contributed by atoms with E-state index in [-0.39, 0.29) is 0 Å². The third-order valence-corrected chi connectivity index (χ3v) is 2.72. The largest absolute Gasteiger partial charge is 0.480 e. The lowest BCUT2D eigenvalue weighted by atomic mass is 10.1. The highest BCUT2D eigenvalue weighted by Gasteiger charge is 2.23. The van der Waals surface area contributed by atoms with E-state index in [0.29, 0.717) is 17.7 Å². The minimum absolute atomic E-state index is 0.498. The monoisotopic (exact) mass is 232 g/mol. The van der Waals surface area contributed by atoms with E-state index < -0.39 is 12.0 Å². The van der Waals surface area contributed by atoms with Crippen LogP contribution in [0.2, 0.25) is 0 Å². The van der Waals surface area contributed by atoms with Crippen LogP contribution in [0.15, 0.2) is 24.3 Å². The lowest BCUT2D eigenvalue weighted by molar-refractivity contribution is -0.138. The van der Waals surface area contributed by atoms with Gasteiger partial charge in [-0.15, -0.1) is 0 Å². The van der Waals surface area contributed by atoms with Crippen LogP contribution in [-0.4, -0.2) is 24.2 Å². The molecule has 0 fully saturated rings. The van der Waals surface area contributed by atoms with Crippen LogP contribution in [-0.2, 0) is 4.79 Å². The molecule has 1 aromatic carbocycles. The molecule has 17 heavy (non-hydrogen) atoms. The fraction of sp³-hybridized carbons (Fsp3) is 0.385. The van der Waals surface area contributed by atoms with E-state index in [2.05, 4.69) is 6.07 Å². The number of anilines is 1. The van der Waals surface area contributed by atoms with E-state index in [4.69, 9.17) is 5.26 Å². The first-order valence-electron chi connectivity index (χ1n) is 5.56. The topological polar surface area (TPSA) is 64.3 Å². The van der Waals surface area contributed by atoms with Crippen molar-refractivity contribution in [1.82, 2.24) is 0 Å². The van der Waals surface area contributed by atoms with Crippen molar-refractivity contribution < 1.29 is 9.90 Å². The fourth-order valence-electron chi connectivity index (χ4n) is 1.80.